The van der Waals surface area contributed by atoms with Crippen molar-refractivity contribution in [3.63, 3.8) is 0 Å². The zero-order valence-corrected chi connectivity index (χ0v) is 14.0. The summed E-state index contributed by atoms with van der Waals surface area (Å²) in [5.41, 5.74) is 1.77. The molecule has 1 atom stereocenters. The Morgan fingerprint density at radius 3 is 2.48 bits per heavy atom. The molecule has 0 aromatic heterocycles. The summed E-state index contributed by atoms with van der Waals surface area (Å²) < 4.78 is 0. The van der Waals surface area contributed by atoms with E-state index in [-0.39, 0.29) is 24.3 Å². The molecule has 1 aromatic rings. The summed E-state index contributed by atoms with van der Waals surface area (Å²) in [7, 11) is 0. The quantitative estimate of drug-likeness (QED) is 0.844. The van der Waals surface area contributed by atoms with Crippen LogP contribution >= 0.6 is 0 Å². The third kappa shape index (κ3) is 3.36. The molecule has 1 unspecified atom stereocenters. The van der Waals surface area contributed by atoms with Crippen molar-refractivity contribution in [1.29, 1.82) is 0 Å². The van der Waals surface area contributed by atoms with Gasteiger partial charge in [-0.1, -0.05) is 32.0 Å². The molecule has 1 aromatic carbocycles. The number of urea groups is 1. The second kappa shape index (κ2) is 6.81. The van der Waals surface area contributed by atoms with Crippen molar-refractivity contribution in [2.24, 2.45) is 5.92 Å². The lowest BCUT2D eigenvalue weighted by Crippen LogP contribution is -2.43. The van der Waals surface area contributed by atoms with Crippen LogP contribution in [0.25, 0.3) is 0 Å². The lowest BCUT2D eigenvalue weighted by Gasteiger charge is -2.24. The van der Waals surface area contributed by atoms with Crippen molar-refractivity contribution in [3.05, 3.63) is 29.8 Å². The van der Waals surface area contributed by atoms with Crippen molar-refractivity contribution in [1.82, 2.24) is 10.2 Å². The highest BCUT2D eigenvalue weighted by Crippen LogP contribution is 2.20. The maximum Gasteiger partial charge on any atom is 0.325 e. The van der Waals surface area contributed by atoms with Crippen LogP contribution in [0.2, 0.25) is 0 Å². The number of anilines is 1. The lowest BCUT2D eigenvalue weighted by molar-refractivity contribution is -0.132. The number of amides is 4. The molecule has 0 aliphatic carbocycles. The van der Waals surface area contributed by atoms with E-state index in [0.717, 1.165) is 16.2 Å². The highest BCUT2D eigenvalue weighted by atomic mass is 16.2. The molecule has 2 rings (SSSR count). The summed E-state index contributed by atoms with van der Waals surface area (Å²) >= 11 is 0. The molecule has 1 N–H and O–H groups in total. The Balaban J connectivity index is 2.16. The Labute approximate surface area is 136 Å². The van der Waals surface area contributed by atoms with Gasteiger partial charge in [-0.25, -0.2) is 4.79 Å². The minimum Gasteiger partial charge on any atom is -0.326 e. The lowest BCUT2D eigenvalue weighted by atomic mass is 10.1. The van der Waals surface area contributed by atoms with E-state index in [0.29, 0.717) is 6.54 Å². The Morgan fingerprint density at radius 1 is 1.30 bits per heavy atom. The molecule has 1 fully saturated rings. The van der Waals surface area contributed by atoms with Crippen LogP contribution in [0, 0.1) is 12.8 Å². The third-order valence-electron chi connectivity index (χ3n) is 4.04. The monoisotopic (exact) mass is 317 g/mol. The number of likely N-dealkylation sites (N-methyl/N-ethyl adjacent to an activating group) is 1. The molecule has 124 valence electrons. The number of hydrogen-bond acceptors (Lipinski definition) is 3. The van der Waals surface area contributed by atoms with E-state index in [4.69, 9.17) is 0 Å². The number of hydrogen-bond donors (Lipinski definition) is 1. The fraction of sp³-hybridized carbons (Fsp3) is 0.471. The van der Waals surface area contributed by atoms with Gasteiger partial charge in [0, 0.05) is 12.2 Å². The van der Waals surface area contributed by atoms with Gasteiger partial charge in [0.25, 0.3) is 5.91 Å². The molecule has 0 saturated carbocycles. The molecule has 0 bridgehead atoms. The number of aryl methyl sites for hydroxylation is 1. The molecule has 0 radical (unpaired) electrons. The van der Waals surface area contributed by atoms with Crippen molar-refractivity contribution >= 4 is 23.5 Å². The number of imide groups is 1. The van der Waals surface area contributed by atoms with Crippen molar-refractivity contribution < 1.29 is 14.4 Å². The molecule has 1 aliphatic heterocycles. The Kier molecular flexibility index (Phi) is 5.03. The van der Waals surface area contributed by atoms with Gasteiger partial charge < -0.3 is 10.2 Å². The number of carbonyl (C=O) groups excluding carboxylic acids is 3. The van der Waals surface area contributed by atoms with Gasteiger partial charge in [0.1, 0.15) is 12.6 Å². The normalized spacial score (nSPS) is 17.6. The van der Waals surface area contributed by atoms with Crippen LogP contribution in [0.3, 0.4) is 0 Å². The van der Waals surface area contributed by atoms with Crippen molar-refractivity contribution in [2.45, 2.75) is 33.7 Å². The molecular formula is C17H23N3O3. The second-order valence-electron chi connectivity index (χ2n) is 6.02. The standard InChI is InChI=1S/C17H23N3O3/c1-5-19(13-9-7-6-8-12(13)4)14(21)10-20-16(22)15(11(2)3)18-17(20)23/h6-9,11,15H,5,10H2,1-4H3,(H,18,23). The van der Waals surface area contributed by atoms with E-state index < -0.39 is 12.1 Å². The van der Waals surface area contributed by atoms with Crippen LogP contribution in [0.1, 0.15) is 26.3 Å². The molecule has 6 heteroatoms. The Hall–Kier alpha value is -2.37. The zero-order valence-electron chi connectivity index (χ0n) is 14.0. The highest BCUT2D eigenvalue weighted by Gasteiger charge is 2.40. The summed E-state index contributed by atoms with van der Waals surface area (Å²) in [5, 5.41) is 2.63. The van der Waals surface area contributed by atoms with Crippen LogP contribution in [0.4, 0.5) is 10.5 Å². The fourth-order valence-corrected chi connectivity index (χ4v) is 2.71. The minimum absolute atomic E-state index is 0.00908. The summed E-state index contributed by atoms with van der Waals surface area (Å²) in [6.45, 7) is 7.75. The maximum absolute atomic E-state index is 12.6. The highest BCUT2D eigenvalue weighted by molar-refractivity contribution is 6.08. The van der Waals surface area contributed by atoms with Crippen LogP contribution < -0.4 is 10.2 Å². The van der Waals surface area contributed by atoms with E-state index in [9.17, 15) is 14.4 Å². The van der Waals surface area contributed by atoms with Gasteiger partial charge in [-0.3, -0.25) is 14.5 Å². The largest absolute Gasteiger partial charge is 0.326 e. The Morgan fingerprint density at radius 2 is 1.96 bits per heavy atom. The van der Waals surface area contributed by atoms with Gasteiger partial charge in [0.2, 0.25) is 5.91 Å². The van der Waals surface area contributed by atoms with E-state index in [1.54, 1.807) is 4.90 Å². The summed E-state index contributed by atoms with van der Waals surface area (Å²) in [5.74, 6) is -0.612. The average Bonchev–Trinajstić information content (AvgIpc) is 2.78. The molecule has 1 saturated heterocycles. The number of para-hydroxylation sites is 1. The number of rotatable bonds is 5. The molecular weight excluding hydrogens is 294 g/mol. The number of nitrogens with one attached hydrogen (secondary N) is 1. The topological polar surface area (TPSA) is 69.7 Å². The second-order valence-corrected chi connectivity index (χ2v) is 6.02. The average molecular weight is 317 g/mol. The number of carbonyl (C=O) groups is 3. The van der Waals surface area contributed by atoms with Crippen LogP contribution in [-0.2, 0) is 9.59 Å². The molecule has 1 aliphatic rings. The van der Waals surface area contributed by atoms with Gasteiger partial charge in [0.15, 0.2) is 0 Å². The van der Waals surface area contributed by atoms with Gasteiger partial charge in [-0.15, -0.1) is 0 Å². The first kappa shape index (κ1) is 17.0. The molecule has 23 heavy (non-hydrogen) atoms. The fourth-order valence-electron chi connectivity index (χ4n) is 2.71. The maximum atomic E-state index is 12.6. The number of nitrogens with zero attached hydrogens (tertiary/aromatic N) is 2. The Bertz CT molecular complexity index is 627. The summed E-state index contributed by atoms with van der Waals surface area (Å²) in [4.78, 5) is 39.5. The van der Waals surface area contributed by atoms with Gasteiger partial charge in [-0.05, 0) is 31.4 Å². The van der Waals surface area contributed by atoms with Gasteiger partial charge in [0.05, 0.1) is 0 Å². The number of benzene rings is 1. The van der Waals surface area contributed by atoms with E-state index >= 15 is 0 Å². The molecule has 4 amide bonds. The predicted molar refractivity (Wildman–Crippen MR) is 88.1 cm³/mol. The third-order valence-corrected chi connectivity index (χ3v) is 4.04. The van der Waals surface area contributed by atoms with E-state index in [1.807, 2.05) is 52.0 Å². The van der Waals surface area contributed by atoms with Crippen LogP contribution in [0.5, 0.6) is 0 Å². The molecule has 1 heterocycles. The SMILES string of the molecule is CCN(C(=O)CN1C(=O)NC(C(C)C)C1=O)c1ccccc1C. The van der Waals surface area contributed by atoms with Crippen LogP contribution in [0.15, 0.2) is 24.3 Å². The smallest absolute Gasteiger partial charge is 0.325 e. The molecule has 6 nitrogen and oxygen atoms in total. The minimum atomic E-state index is -0.552. The van der Waals surface area contributed by atoms with Gasteiger partial charge in [-0.2, -0.15) is 0 Å². The predicted octanol–water partition coefficient (Wildman–Crippen LogP) is 1.92. The first-order valence-electron chi connectivity index (χ1n) is 7.84. The van der Waals surface area contributed by atoms with Crippen LogP contribution in [-0.4, -0.2) is 41.9 Å². The summed E-state index contributed by atoms with van der Waals surface area (Å²) in [6, 6.07) is 6.50. The first-order valence-corrected chi connectivity index (χ1v) is 7.84. The van der Waals surface area contributed by atoms with Crippen molar-refractivity contribution in [2.75, 3.05) is 18.0 Å². The van der Waals surface area contributed by atoms with Gasteiger partial charge >= 0.3 is 6.03 Å². The molecule has 0 spiro atoms. The summed E-state index contributed by atoms with van der Waals surface area (Å²) in [6.07, 6.45) is 0. The zero-order chi connectivity index (χ0) is 17.1. The van der Waals surface area contributed by atoms with Crippen molar-refractivity contribution in [3.8, 4) is 0 Å². The van der Waals surface area contributed by atoms with E-state index in [1.165, 1.54) is 0 Å². The van der Waals surface area contributed by atoms with E-state index in [2.05, 4.69) is 5.32 Å². The first-order chi connectivity index (χ1) is 10.9.